The highest BCUT2D eigenvalue weighted by atomic mass is 35.5. The van der Waals surface area contributed by atoms with Crippen LogP contribution in [0.1, 0.15) is 59.7 Å². The van der Waals surface area contributed by atoms with E-state index in [9.17, 15) is 9.59 Å². The average molecular weight is 401 g/mol. The highest BCUT2D eigenvalue weighted by Crippen LogP contribution is 2.23. The van der Waals surface area contributed by atoms with Gasteiger partial charge in [-0.1, -0.05) is 30.9 Å². The first-order valence-corrected chi connectivity index (χ1v) is 10.1. The fourth-order valence-corrected chi connectivity index (χ4v) is 3.56. The number of carbonyl (C=O) groups excluding carboxylic acids is 2. The first kappa shape index (κ1) is 20.2. The van der Waals surface area contributed by atoms with E-state index in [4.69, 9.17) is 16.3 Å². The lowest BCUT2D eigenvalue weighted by molar-refractivity contribution is 0.0926. The van der Waals surface area contributed by atoms with Crippen molar-refractivity contribution in [1.82, 2.24) is 5.32 Å². The predicted molar refractivity (Wildman–Crippen MR) is 111 cm³/mol. The van der Waals surface area contributed by atoms with E-state index in [0.29, 0.717) is 34.2 Å². The Labute approximate surface area is 170 Å². The molecule has 0 aromatic heterocycles. The molecular formula is C22H25ClN2O3. The van der Waals surface area contributed by atoms with Crippen LogP contribution < -0.4 is 15.4 Å². The molecule has 0 aliphatic heterocycles. The third-order valence-electron chi connectivity index (χ3n) is 4.84. The van der Waals surface area contributed by atoms with E-state index in [0.717, 1.165) is 25.7 Å². The fourth-order valence-electron chi connectivity index (χ4n) is 3.36. The molecule has 0 spiro atoms. The van der Waals surface area contributed by atoms with E-state index >= 15 is 0 Å². The van der Waals surface area contributed by atoms with Gasteiger partial charge in [-0.2, -0.15) is 0 Å². The molecule has 148 valence electrons. The van der Waals surface area contributed by atoms with Gasteiger partial charge in [0, 0.05) is 17.3 Å². The van der Waals surface area contributed by atoms with Crippen molar-refractivity contribution in [2.45, 2.75) is 45.1 Å². The molecule has 1 aliphatic rings. The molecule has 3 rings (SSSR count). The van der Waals surface area contributed by atoms with Gasteiger partial charge < -0.3 is 15.4 Å². The number of anilines is 1. The van der Waals surface area contributed by atoms with Gasteiger partial charge in [-0.3, -0.25) is 9.59 Å². The second kappa shape index (κ2) is 9.60. The molecule has 0 unspecified atom stereocenters. The van der Waals surface area contributed by atoms with Gasteiger partial charge in [0.25, 0.3) is 11.8 Å². The number of amides is 2. The summed E-state index contributed by atoms with van der Waals surface area (Å²) in [4.78, 5) is 25.1. The van der Waals surface area contributed by atoms with Gasteiger partial charge in [-0.15, -0.1) is 0 Å². The van der Waals surface area contributed by atoms with Crippen LogP contribution in [0.2, 0.25) is 5.02 Å². The molecule has 2 aromatic rings. The van der Waals surface area contributed by atoms with E-state index in [2.05, 4.69) is 10.6 Å². The number of hydrogen-bond acceptors (Lipinski definition) is 3. The molecule has 2 aromatic carbocycles. The van der Waals surface area contributed by atoms with Crippen LogP contribution in [0.3, 0.4) is 0 Å². The third-order valence-corrected chi connectivity index (χ3v) is 5.17. The maximum absolute atomic E-state index is 12.6. The molecule has 1 saturated carbocycles. The summed E-state index contributed by atoms with van der Waals surface area (Å²) >= 11 is 6.22. The zero-order valence-corrected chi connectivity index (χ0v) is 16.7. The summed E-state index contributed by atoms with van der Waals surface area (Å²) in [6, 6.07) is 12.0. The van der Waals surface area contributed by atoms with Crippen molar-refractivity contribution < 1.29 is 14.3 Å². The van der Waals surface area contributed by atoms with Crippen LogP contribution in [0.15, 0.2) is 42.5 Å². The van der Waals surface area contributed by atoms with Gasteiger partial charge in [-0.25, -0.2) is 0 Å². The monoisotopic (exact) mass is 400 g/mol. The summed E-state index contributed by atoms with van der Waals surface area (Å²) < 4.78 is 5.39. The van der Waals surface area contributed by atoms with Crippen LogP contribution in [0, 0.1) is 0 Å². The molecule has 1 fully saturated rings. The fraction of sp³-hybridized carbons (Fsp3) is 0.364. The zero-order valence-electron chi connectivity index (χ0n) is 16.0. The zero-order chi connectivity index (χ0) is 19.9. The molecule has 1 aliphatic carbocycles. The predicted octanol–water partition coefficient (Wildman–Crippen LogP) is 5.05. The van der Waals surface area contributed by atoms with Crippen molar-refractivity contribution in [3.8, 4) is 5.75 Å². The minimum Gasteiger partial charge on any atom is -0.494 e. The van der Waals surface area contributed by atoms with Crippen LogP contribution in [0.25, 0.3) is 0 Å². The number of halogens is 1. The quantitative estimate of drug-likeness (QED) is 0.712. The van der Waals surface area contributed by atoms with E-state index in [-0.39, 0.29) is 17.9 Å². The Kier molecular flexibility index (Phi) is 6.93. The number of hydrogen-bond donors (Lipinski definition) is 2. The highest BCUT2D eigenvalue weighted by molar-refractivity contribution is 6.34. The summed E-state index contributed by atoms with van der Waals surface area (Å²) in [5.74, 6) is 0.255. The van der Waals surface area contributed by atoms with Gasteiger partial charge in [0.1, 0.15) is 5.75 Å². The van der Waals surface area contributed by atoms with Gasteiger partial charge in [-0.05, 0) is 62.2 Å². The van der Waals surface area contributed by atoms with Crippen LogP contribution >= 0.6 is 11.6 Å². The molecule has 28 heavy (non-hydrogen) atoms. The summed E-state index contributed by atoms with van der Waals surface area (Å²) in [6.45, 7) is 2.48. The number of ether oxygens (including phenoxy) is 1. The summed E-state index contributed by atoms with van der Waals surface area (Å²) in [5.41, 5.74) is 1.40. The standard InChI is InChI=1S/C22H25ClN2O3/c1-2-28-18-11-8-15(9-12-18)21(26)25-17-10-13-20(23)19(14-17)22(27)24-16-6-4-3-5-7-16/h8-14,16H,2-7H2,1H3,(H,24,27)(H,25,26). The largest absolute Gasteiger partial charge is 0.494 e. The molecule has 0 saturated heterocycles. The molecule has 0 bridgehead atoms. The van der Waals surface area contributed by atoms with E-state index in [1.807, 2.05) is 6.92 Å². The number of carbonyl (C=O) groups is 2. The Morgan fingerprint density at radius 3 is 2.43 bits per heavy atom. The van der Waals surface area contributed by atoms with Gasteiger partial charge in [0.2, 0.25) is 0 Å². The SMILES string of the molecule is CCOc1ccc(C(=O)Nc2ccc(Cl)c(C(=O)NC3CCCCC3)c2)cc1. The normalized spacial score (nSPS) is 14.4. The maximum Gasteiger partial charge on any atom is 0.255 e. The maximum atomic E-state index is 12.6. The molecule has 0 heterocycles. The van der Waals surface area contributed by atoms with Crippen molar-refractivity contribution in [1.29, 1.82) is 0 Å². The summed E-state index contributed by atoms with van der Waals surface area (Å²) in [7, 11) is 0. The second-order valence-electron chi connectivity index (χ2n) is 6.91. The van der Waals surface area contributed by atoms with E-state index < -0.39 is 0 Å². The lowest BCUT2D eigenvalue weighted by atomic mass is 9.95. The van der Waals surface area contributed by atoms with Gasteiger partial charge >= 0.3 is 0 Å². The number of nitrogens with one attached hydrogen (secondary N) is 2. The van der Waals surface area contributed by atoms with E-state index in [1.165, 1.54) is 6.42 Å². The molecule has 6 heteroatoms. The summed E-state index contributed by atoms with van der Waals surface area (Å²) in [5, 5.41) is 6.24. The van der Waals surface area contributed by atoms with Gasteiger partial charge in [0.15, 0.2) is 0 Å². The minimum atomic E-state index is -0.260. The first-order chi connectivity index (χ1) is 13.6. The average Bonchev–Trinajstić information content (AvgIpc) is 2.71. The van der Waals surface area contributed by atoms with Crippen molar-refractivity contribution in [2.75, 3.05) is 11.9 Å². The van der Waals surface area contributed by atoms with Crippen molar-refractivity contribution in [3.63, 3.8) is 0 Å². The number of rotatable bonds is 6. The lowest BCUT2D eigenvalue weighted by Crippen LogP contribution is -2.36. The second-order valence-corrected chi connectivity index (χ2v) is 7.32. The minimum absolute atomic E-state index is 0.194. The first-order valence-electron chi connectivity index (χ1n) is 9.71. The Balaban J connectivity index is 1.68. The van der Waals surface area contributed by atoms with Crippen LogP contribution in [0.5, 0.6) is 5.75 Å². The molecular weight excluding hydrogens is 376 g/mol. The molecule has 2 amide bonds. The topological polar surface area (TPSA) is 67.4 Å². The lowest BCUT2D eigenvalue weighted by Gasteiger charge is -2.23. The Bertz CT molecular complexity index is 830. The van der Waals surface area contributed by atoms with Crippen molar-refractivity contribution in [2.24, 2.45) is 0 Å². The van der Waals surface area contributed by atoms with Crippen molar-refractivity contribution in [3.05, 3.63) is 58.6 Å². The smallest absolute Gasteiger partial charge is 0.255 e. The van der Waals surface area contributed by atoms with E-state index in [1.54, 1.807) is 42.5 Å². The van der Waals surface area contributed by atoms with Crippen LogP contribution in [-0.4, -0.2) is 24.5 Å². The Morgan fingerprint density at radius 2 is 1.75 bits per heavy atom. The Morgan fingerprint density at radius 1 is 1.04 bits per heavy atom. The van der Waals surface area contributed by atoms with Crippen LogP contribution in [0.4, 0.5) is 5.69 Å². The summed E-state index contributed by atoms with van der Waals surface area (Å²) in [6.07, 6.45) is 5.49. The molecule has 5 nitrogen and oxygen atoms in total. The molecule has 0 radical (unpaired) electrons. The number of benzene rings is 2. The Hall–Kier alpha value is -2.53. The molecule has 0 atom stereocenters. The van der Waals surface area contributed by atoms with Crippen LogP contribution in [-0.2, 0) is 0 Å². The highest BCUT2D eigenvalue weighted by Gasteiger charge is 2.19. The third kappa shape index (κ3) is 5.26. The molecule has 2 N–H and O–H groups in total. The van der Waals surface area contributed by atoms with Crippen molar-refractivity contribution >= 4 is 29.1 Å². The van der Waals surface area contributed by atoms with Gasteiger partial charge in [0.05, 0.1) is 17.2 Å².